The first-order valence-electron chi connectivity index (χ1n) is 6.17. The molecule has 0 spiro atoms. The molecule has 0 aromatic heterocycles. The monoisotopic (exact) mass is 242 g/mol. The smallest absolute Gasteiger partial charge is 0.242 e. The Morgan fingerprint density at radius 1 is 1.41 bits per heavy atom. The highest BCUT2D eigenvalue weighted by molar-refractivity contribution is 5.89. The molecule has 6 nitrogen and oxygen atoms in total. The Hall–Kier alpha value is -1.14. The van der Waals surface area contributed by atoms with Crippen molar-refractivity contribution in [1.82, 2.24) is 21.3 Å². The number of carbonyl (C=O) groups is 2. The zero-order valence-electron chi connectivity index (χ0n) is 10.5. The van der Waals surface area contributed by atoms with E-state index in [2.05, 4.69) is 21.3 Å². The van der Waals surface area contributed by atoms with E-state index in [1.165, 1.54) is 0 Å². The van der Waals surface area contributed by atoms with Crippen molar-refractivity contribution in [2.75, 3.05) is 26.2 Å². The molecule has 2 amide bonds. The van der Waals surface area contributed by atoms with E-state index in [9.17, 15) is 9.59 Å². The lowest BCUT2D eigenvalue weighted by Gasteiger charge is -2.25. The van der Waals surface area contributed by atoms with E-state index in [4.69, 9.17) is 0 Å². The molecule has 1 heterocycles. The van der Waals surface area contributed by atoms with Gasteiger partial charge in [0.25, 0.3) is 0 Å². The quantitative estimate of drug-likeness (QED) is 0.477. The number of carbonyl (C=O) groups excluding carboxylic acids is 2. The summed E-state index contributed by atoms with van der Waals surface area (Å²) in [5.41, 5.74) is 0. The predicted molar refractivity (Wildman–Crippen MR) is 65.6 cm³/mol. The van der Waals surface area contributed by atoms with Gasteiger partial charge in [-0.15, -0.1) is 0 Å². The lowest BCUT2D eigenvalue weighted by molar-refractivity contribution is -0.129. The first-order chi connectivity index (χ1) is 8.15. The molecular weight excluding hydrogens is 220 g/mol. The molecule has 0 aliphatic carbocycles. The molecule has 1 saturated heterocycles. The first kappa shape index (κ1) is 13.9. The molecule has 17 heavy (non-hydrogen) atoms. The second kappa shape index (κ2) is 7.24. The van der Waals surface area contributed by atoms with E-state index in [1.807, 2.05) is 6.92 Å². The van der Waals surface area contributed by atoms with Crippen molar-refractivity contribution in [3.05, 3.63) is 0 Å². The maximum absolute atomic E-state index is 11.8. The molecule has 1 aliphatic rings. The van der Waals surface area contributed by atoms with Crippen LogP contribution >= 0.6 is 0 Å². The summed E-state index contributed by atoms with van der Waals surface area (Å²) in [6.07, 6.45) is 0.889. The fourth-order valence-electron chi connectivity index (χ4n) is 1.62. The SMILES string of the molecule is CCCNC(=O)C(C)NC(=O)C1CNCCN1. The largest absolute Gasteiger partial charge is 0.354 e. The molecule has 1 fully saturated rings. The Morgan fingerprint density at radius 2 is 2.18 bits per heavy atom. The third kappa shape index (κ3) is 4.70. The third-order valence-corrected chi connectivity index (χ3v) is 2.66. The van der Waals surface area contributed by atoms with Gasteiger partial charge in [-0.2, -0.15) is 0 Å². The van der Waals surface area contributed by atoms with Crippen molar-refractivity contribution < 1.29 is 9.59 Å². The van der Waals surface area contributed by atoms with Crippen molar-refractivity contribution in [2.24, 2.45) is 0 Å². The van der Waals surface area contributed by atoms with Gasteiger partial charge in [-0.25, -0.2) is 0 Å². The maximum Gasteiger partial charge on any atom is 0.242 e. The van der Waals surface area contributed by atoms with Gasteiger partial charge in [0.15, 0.2) is 0 Å². The molecule has 0 aromatic rings. The zero-order valence-corrected chi connectivity index (χ0v) is 10.5. The zero-order chi connectivity index (χ0) is 12.7. The summed E-state index contributed by atoms with van der Waals surface area (Å²) in [6.45, 7) is 6.57. The number of hydrogen-bond acceptors (Lipinski definition) is 4. The van der Waals surface area contributed by atoms with Gasteiger partial charge >= 0.3 is 0 Å². The van der Waals surface area contributed by atoms with Gasteiger partial charge in [0.05, 0.1) is 6.04 Å². The molecule has 2 unspecified atom stereocenters. The Bertz CT molecular complexity index is 264. The minimum atomic E-state index is -0.488. The summed E-state index contributed by atoms with van der Waals surface area (Å²) >= 11 is 0. The van der Waals surface area contributed by atoms with Crippen LogP contribution in [-0.4, -0.2) is 50.1 Å². The van der Waals surface area contributed by atoms with Crippen LogP contribution < -0.4 is 21.3 Å². The van der Waals surface area contributed by atoms with E-state index >= 15 is 0 Å². The molecule has 0 saturated carbocycles. The van der Waals surface area contributed by atoms with Gasteiger partial charge in [-0.1, -0.05) is 6.92 Å². The van der Waals surface area contributed by atoms with Gasteiger partial charge in [0.2, 0.25) is 11.8 Å². The van der Waals surface area contributed by atoms with Crippen molar-refractivity contribution in [2.45, 2.75) is 32.4 Å². The highest BCUT2D eigenvalue weighted by Gasteiger charge is 2.23. The molecule has 1 aliphatic heterocycles. The third-order valence-electron chi connectivity index (χ3n) is 2.66. The second-order valence-corrected chi connectivity index (χ2v) is 4.23. The van der Waals surface area contributed by atoms with Crippen molar-refractivity contribution in [1.29, 1.82) is 0 Å². The van der Waals surface area contributed by atoms with Crippen LogP contribution in [0.5, 0.6) is 0 Å². The number of hydrogen-bond donors (Lipinski definition) is 4. The van der Waals surface area contributed by atoms with Crippen LogP contribution in [0.2, 0.25) is 0 Å². The molecule has 0 radical (unpaired) electrons. The van der Waals surface area contributed by atoms with E-state index in [1.54, 1.807) is 6.92 Å². The highest BCUT2D eigenvalue weighted by atomic mass is 16.2. The van der Waals surface area contributed by atoms with Gasteiger partial charge in [0.1, 0.15) is 6.04 Å². The first-order valence-corrected chi connectivity index (χ1v) is 6.17. The molecule has 0 aromatic carbocycles. The van der Waals surface area contributed by atoms with Gasteiger partial charge in [0, 0.05) is 26.2 Å². The molecular formula is C11H22N4O2. The van der Waals surface area contributed by atoms with E-state index in [0.29, 0.717) is 13.1 Å². The van der Waals surface area contributed by atoms with Crippen LogP contribution in [0.15, 0.2) is 0 Å². The van der Waals surface area contributed by atoms with Crippen LogP contribution in [0.1, 0.15) is 20.3 Å². The molecule has 2 atom stereocenters. The average molecular weight is 242 g/mol. The minimum absolute atomic E-state index is 0.128. The Labute approximate surface area is 102 Å². The van der Waals surface area contributed by atoms with E-state index in [-0.39, 0.29) is 17.9 Å². The summed E-state index contributed by atoms with van der Waals surface area (Å²) < 4.78 is 0. The topological polar surface area (TPSA) is 82.3 Å². The second-order valence-electron chi connectivity index (χ2n) is 4.23. The normalized spacial score (nSPS) is 21.6. The standard InChI is InChI=1S/C11H22N4O2/c1-3-4-14-10(16)8(2)15-11(17)9-7-12-5-6-13-9/h8-9,12-13H,3-7H2,1-2H3,(H,14,16)(H,15,17). The minimum Gasteiger partial charge on any atom is -0.354 e. The molecule has 1 rings (SSSR count). The molecule has 0 bridgehead atoms. The van der Waals surface area contributed by atoms with Gasteiger partial charge in [-0.05, 0) is 13.3 Å². The summed E-state index contributed by atoms with van der Waals surface area (Å²) in [5.74, 6) is -0.264. The van der Waals surface area contributed by atoms with Crippen molar-refractivity contribution >= 4 is 11.8 Å². The molecule has 6 heteroatoms. The summed E-state index contributed by atoms with van der Waals surface area (Å²) in [5, 5.41) is 11.7. The van der Waals surface area contributed by atoms with Crippen LogP contribution in [-0.2, 0) is 9.59 Å². The predicted octanol–water partition coefficient (Wildman–Crippen LogP) is -1.42. The lowest BCUT2D eigenvalue weighted by Crippen LogP contribution is -2.58. The number of nitrogens with one attached hydrogen (secondary N) is 4. The van der Waals surface area contributed by atoms with Gasteiger partial charge < -0.3 is 21.3 Å². The molecule has 98 valence electrons. The summed E-state index contributed by atoms with van der Waals surface area (Å²) in [4.78, 5) is 23.4. The number of amides is 2. The lowest BCUT2D eigenvalue weighted by atomic mass is 10.2. The fraction of sp³-hybridized carbons (Fsp3) is 0.818. The van der Waals surface area contributed by atoms with E-state index < -0.39 is 6.04 Å². The number of piperazine rings is 1. The fourth-order valence-corrected chi connectivity index (χ4v) is 1.62. The van der Waals surface area contributed by atoms with Crippen LogP contribution in [0.25, 0.3) is 0 Å². The summed E-state index contributed by atoms with van der Waals surface area (Å²) in [6, 6.07) is -0.733. The highest BCUT2D eigenvalue weighted by Crippen LogP contribution is 1.90. The molecule has 4 N–H and O–H groups in total. The van der Waals surface area contributed by atoms with Crippen LogP contribution in [0.4, 0.5) is 0 Å². The van der Waals surface area contributed by atoms with Crippen LogP contribution in [0, 0.1) is 0 Å². The number of rotatable bonds is 5. The van der Waals surface area contributed by atoms with Crippen molar-refractivity contribution in [3.8, 4) is 0 Å². The van der Waals surface area contributed by atoms with Gasteiger partial charge in [-0.3, -0.25) is 9.59 Å². The maximum atomic E-state index is 11.8. The van der Waals surface area contributed by atoms with E-state index in [0.717, 1.165) is 19.5 Å². The van der Waals surface area contributed by atoms with Crippen molar-refractivity contribution in [3.63, 3.8) is 0 Å². The Kier molecular flexibility index (Phi) is 5.93. The van der Waals surface area contributed by atoms with Crippen LogP contribution in [0.3, 0.4) is 0 Å². The Balaban J connectivity index is 2.31. The average Bonchev–Trinajstić information content (AvgIpc) is 2.36. The Morgan fingerprint density at radius 3 is 2.76 bits per heavy atom. The summed E-state index contributed by atoms with van der Waals surface area (Å²) in [7, 11) is 0.